The van der Waals surface area contributed by atoms with Gasteiger partial charge in [0.25, 0.3) is 0 Å². The van der Waals surface area contributed by atoms with Crippen LogP contribution < -0.4 is 10.2 Å². The van der Waals surface area contributed by atoms with Crippen LogP contribution in [0.3, 0.4) is 0 Å². The van der Waals surface area contributed by atoms with E-state index in [-0.39, 0.29) is 12.1 Å². The van der Waals surface area contributed by atoms with Crippen molar-refractivity contribution in [3.63, 3.8) is 0 Å². The Balaban J connectivity index is 1.62. The number of thiocarbonyl (C=S) groups is 1. The standard InChI is InChI=1S/C25H23ClN4OS/c1-16-14-21(17(2)29(16)15-20-6-5-13-31-20)24-23(22-7-3-4-12-27-22)28-25(32)30(24)19-10-8-18(26)9-11-19/h3-14,23-24H,15H2,1-2H3,(H,28,32). The third kappa shape index (κ3) is 3.70. The molecule has 1 aliphatic heterocycles. The van der Waals surface area contributed by atoms with Gasteiger partial charge in [0.05, 0.1) is 30.6 Å². The van der Waals surface area contributed by atoms with Gasteiger partial charge in [-0.15, -0.1) is 0 Å². The fourth-order valence-electron chi connectivity index (χ4n) is 4.48. The van der Waals surface area contributed by atoms with Crippen molar-refractivity contribution >= 4 is 34.6 Å². The molecule has 0 saturated carbocycles. The molecule has 0 bridgehead atoms. The molecular weight excluding hydrogens is 440 g/mol. The maximum atomic E-state index is 6.16. The van der Waals surface area contributed by atoms with Crippen LogP contribution >= 0.6 is 23.8 Å². The predicted molar refractivity (Wildman–Crippen MR) is 131 cm³/mol. The summed E-state index contributed by atoms with van der Waals surface area (Å²) in [5, 5.41) is 4.88. The predicted octanol–water partition coefficient (Wildman–Crippen LogP) is 5.97. The first-order valence-corrected chi connectivity index (χ1v) is 11.3. The Morgan fingerprint density at radius 1 is 1.09 bits per heavy atom. The molecule has 1 N–H and O–H groups in total. The van der Waals surface area contributed by atoms with E-state index in [2.05, 4.69) is 39.7 Å². The van der Waals surface area contributed by atoms with Gasteiger partial charge in [-0.05, 0) is 86.2 Å². The van der Waals surface area contributed by atoms with Gasteiger partial charge in [0, 0.05) is 28.3 Å². The molecule has 32 heavy (non-hydrogen) atoms. The Bertz CT molecular complexity index is 1240. The summed E-state index contributed by atoms with van der Waals surface area (Å²) in [5.74, 6) is 0.925. The third-order valence-electron chi connectivity index (χ3n) is 6.03. The van der Waals surface area contributed by atoms with Crippen molar-refractivity contribution in [2.75, 3.05) is 4.90 Å². The van der Waals surface area contributed by atoms with E-state index in [4.69, 9.17) is 28.2 Å². The van der Waals surface area contributed by atoms with Crippen LogP contribution in [0.15, 0.2) is 77.5 Å². The van der Waals surface area contributed by atoms with Gasteiger partial charge in [0.1, 0.15) is 5.76 Å². The number of pyridine rings is 1. The van der Waals surface area contributed by atoms with Crippen LogP contribution in [0.25, 0.3) is 0 Å². The SMILES string of the molecule is Cc1cc(C2C(c3ccccn3)NC(=S)N2c2ccc(Cl)cc2)c(C)n1Cc1ccco1. The Hall–Kier alpha value is -3.09. The molecule has 2 unspecified atom stereocenters. The first kappa shape index (κ1) is 20.8. The number of aryl methyl sites for hydroxylation is 1. The van der Waals surface area contributed by atoms with Crippen LogP contribution in [-0.4, -0.2) is 14.7 Å². The largest absolute Gasteiger partial charge is 0.467 e. The van der Waals surface area contributed by atoms with Gasteiger partial charge in [-0.3, -0.25) is 4.98 Å². The molecule has 4 heterocycles. The van der Waals surface area contributed by atoms with Crippen LogP contribution in [0.2, 0.25) is 5.02 Å². The molecule has 0 radical (unpaired) electrons. The molecule has 2 atom stereocenters. The minimum Gasteiger partial charge on any atom is -0.467 e. The number of hydrogen-bond donors (Lipinski definition) is 1. The van der Waals surface area contributed by atoms with Gasteiger partial charge < -0.3 is 19.2 Å². The Morgan fingerprint density at radius 3 is 2.59 bits per heavy atom. The van der Waals surface area contributed by atoms with Gasteiger partial charge in [-0.1, -0.05) is 17.7 Å². The molecule has 3 aromatic heterocycles. The minimum atomic E-state index is -0.0862. The second-order valence-electron chi connectivity index (χ2n) is 7.96. The molecule has 1 aliphatic rings. The lowest BCUT2D eigenvalue weighted by atomic mass is 9.96. The first-order valence-electron chi connectivity index (χ1n) is 10.5. The zero-order chi connectivity index (χ0) is 22.2. The Labute approximate surface area is 197 Å². The van der Waals surface area contributed by atoms with Gasteiger partial charge in [-0.25, -0.2) is 0 Å². The zero-order valence-electron chi connectivity index (χ0n) is 17.8. The van der Waals surface area contributed by atoms with Crippen molar-refractivity contribution in [2.24, 2.45) is 0 Å². The van der Waals surface area contributed by atoms with Crippen LogP contribution in [0.4, 0.5) is 5.69 Å². The molecule has 1 saturated heterocycles. The second-order valence-corrected chi connectivity index (χ2v) is 8.79. The molecule has 4 aromatic rings. The number of rotatable bonds is 5. The molecule has 0 spiro atoms. The van der Waals surface area contributed by atoms with Crippen molar-refractivity contribution in [1.29, 1.82) is 0 Å². The van der Waals surface area contributed by atoms with Crippen molar-refractivity contribution in [3.8, 4) is 0 Å². The highest BCUT2D eigenvalue weighted by Crippen LogP contribution is 2.43. The maximum absolute atomic E-state index is 6.16. The molecule has 0 aliphatic carbocycles. The number of halogens is 1. The highest BCUT2D eigenvalue weighted by Gasteiger charge is 2.42. The van der Waals surface area contributed by atoms with Gasteiger partial charge >= 0.3 is 0 Å². The van der Waals surface area contributed by atoms with E-state index < -0.39 is 0 Å². The number of furan rings is 1. The summed E-state index contributed by atoms with van der Waals surface area (Å²) in [5.41, 5.74) is 5.49. The fourth-order valence-corrected chi connectivity index (χ4v) is 4.95. The Morgan fingerprint density at radius 2 is 1.91 bits per heavy atom. The van der Waals surface area contributed by atoms with E-state index in [1.165, 1.54) is 17.0 Å². The van der Waals surface area contributed by atoms with Crippen molar-refractivity contribution in [1.82, 2.24) is 14.9 Å². The summed E-state index contributed by atoms with van der Waals surface area (Å²) in [6.07, 6.45) is 3.53. The molecule has 1 fully saturated rings. The average Bonchev–Trinajstić information content (AvgIpc) is 3.50. The van der Waals surface area contributed by atoms with E-state index in [1.807, 2.05) is 60.8 Å². The lowest BCUT2D eigenvalue weighted by Gasteiger charge is -2.28. The number of nitrogens with zero attached hydrogens (tertiary/aromatic N) is 3. The highest BCUT2D eigenvalue weighted by molar-refractivity contribution is 7.80. The van der Waals surface area contributed by atoms with Gasteiger partial charge in [0.2, 0.25) is 0 Å². The molecule has 1 aromatic carbocycles. The van der Waals surface area contributed by atoms with Crippen molar-refractivity contribution in [2.45, 2.75) is 32.5 Å². The molecule has 162 valence electrons. The molecule has 7 heteroatoms. The smallest absolute Gasteiger partial charge is 0.174 e. The van der Waals surface area contributed by atoms with E-state index in [0.717, 1.165) is 17.1 Å². The fraction of sp³-hybridized carbons (Fsp3) is 0.200. The van der Waals surface area contributed by atoms with Crippen LogP contribution in [0.1, 0.15) is 40.5 Å². The van der Waals surface area contributed by atoms with Crippen LogP contribution in [0.5, 0.6) is 0 Å². The van der Waals surface area contributed by atoms with E-state index >= 15 is 0 Å². The maximum Gasteiger partial charge on any atom is 0.174 e. The highest BCUT2D eigenvalue weighted by atomic mass is 35.5. The lowest BCUT2D eigenvalue weighted by Crippen LogP contribution is -2.29. The quantitative estimate of drug-likeness (QED) is 0.370. The van der Waals surface area contributed by atoms with Crippen LogP contribution in [-0.2, 0) is 6.54 Å². The Kier molecular flexibility index (Phi) is 5.49. The lowest BCUT2D eigenvalue weighted by molar-refractivity contribution is 0.488. The van der Waals surface area contributed by atoms with E-state index in [1.54, 1.807) is 6.26 Å². The topological polar surface area (TPSA) is 46.2 Å². The number of hydrogen-bond acceptors (Lipinski definition) is 3. The number of benzene rings is 1. The number of anilines is 1. The molecular formula is C25H23ClN4OS. The summed E-state index contributed by atoms with van der Waals surface area (Å²) in [6.45, 7) is 4.97. The van der Waals surface area contributed by atoms with Gasteiger partial charge in [-0.2, -0.15) is 0 Å². The summed E-state index contributed by atoms with van der Waals surface area (Å²) in [7, 11) is 0. The van der Waals surface area contributed by atoms with E-state index in [0.29, 0.717) is 16.7 Å². The summed E-state index contributed by atoms with van der Waals surface area (Å²) in [6, 6.07) is 19.8. The molecule has 0 amide bonds. The number of nitrogens with one attached hydrogen (secondary N) is 1. The average molecular weight is 463 g/mol. The van der Waals surface area contributed by atoms with E-state index in [9.17, 15) is 0 Å². The zero-order valence-corrected chi connectivity index (χ0v) is 19.4. The molecule has 5 nitrogen and oxygen atoms in total. The number of aromatic nitrogens is 2. The van der Waals surface area contributed by atoms with Crippen molar-refractivity contribution < 1.29 is 4.42 Å². The third-order valence-corrected chi connectivity index (χ3v) is 6.59. The first-order chi connectivity index (χ1) is 15.5. The summed E-state index contributed by atoms with van der Waals surface area (Å²) < 4.78 is 7.89. The summed E-state index contributed by atoms with van der Waals surface area (Å²) in [4.78, 5) is 6.81. The second kappa shape index (κ2) is 8.45. The normalized spacial score (nSPS) is 18.2. The minimum absolute atomic E-state index is 0.0601. The summed E-state index contributed by atoms with van der Waals surface area (Å²) >= 11 is 12.0. The van der Waals surface area contributed by atoms with Gasteiger partial charge in [0.15, 0.2) is 5.11 Å². The monoisotopic (exact) mass is 462 g/mol. The molecule has 5 rings (SSSR count). The van der Waals surface area contributed by atoms with Crippen LogP contribution in [0, 0.1) is 13.8 Å². The van der Waals surface area contributed by atoms with Crippen molar-refractivity contribution in [3.05, 3.63) is 107 Å².